The van der Waals surface area contributed by atoms with Gasteiger partial charge >= 0.3 is 0 Å². The monoisotopic (exact) mass is 603 g/mol. The van der Waals surface area contributed by atoms with Crippen LogP contribution < -0.4 is 14.9 Å². The van der Waals surface area contributed by atoms with Crippen LogP contribution in [0.4, 0.5) is 0 Å². The molecule has 6 nitrogen and oxygen atoms in total. The maximum atomic E-state index is 12.7. The molecule has 1 aliphatic rings. The molecule has 1 amide bonds. The van der Waals surface area contributed by atoms with Crippen LogP contribution in [-0.2, 0) is 17.9 Å². The summed E-state index contributed by atoms with van der Waals surface area (Å²) in [5.74, 6) is 1.06. The number of rotatable bonds is 9. The molecule has 1 aliphatic heterocycles. The Balaban J connectivity index is 1.27. The highest BCUT2D eigenvalue weighted by Crippen LogP contribution is 2.29. The van der Waals surface area contributed by atoms with Gasteiger partial charge in [0, 0.05) is 16.9 Å². The Morgan fingerprint density at radius 1 is 1.03 bits per heavy atom. The molecule has 0 radical (unpaired) electrons. The van der Waals surface area contributed by atoms with E-state index >= 15 is 0 Å². The molecular formula is C28H28BrCl2N3O3. The van der Waals surface area contributed by atoms with E-state index in [1.165, 1.54) is 5.56 Å². The molecule has 1 fully saturated rings. The van der Waals surface area contributed by atoms with Crippen molar-refractivity contribution in [2.45, 2.75) is 26.0 Å². The fourth-order valence-corrected chi connectivity index (χ4v) is 4.72. The van der Waals surface area contributed by atoms with Crippen molar-refractivity contribution in [2.24, 2.45) is 11.0 Å². The molecule has 9 heteroatoms. The third-order valence-electron chi connectivity index (χ3n) is 6.23. The molecule has 1 heterocycles. The highest BCUT2D eigenvalue weighted by molar-refractivity contribution is 9.10. The molecule has 3 aromatic rings. The van der Waals surface area contributed by atoms with Crippen LogP contribution in [-0.4, -0.2) is 37.2 Å². The van der Waals surface area contributed by atoms with Crippen molar-refractivity contribution in [1.29, 1.82) is 0 Å². The van der Waals surface area contributed by atoms with Gasteiger partial charge in [0.05, 0.1) is 23.4 Å². The summed E-state index contributed by atoms with van der Waals surface area (Å²) in [6.45, 7) is 2.96. The Bertz CT molecular complexity index is 1250. The number of nitrogens with one attached hydrogen (secondary N) is 1. The second kappa shape index (κ2) is 13.3. The van der Waals surface area contributed by atoms with E-state index in [0.29, 0.717) is 28.2 Å². The number of hydrogen-bond acceptors (Lipinski definition) is 5. The smallest absolute Gasteiger partial charge is 0.243 e. The Labute approximate surface area is 235 Å². The van der Waals surface area contributed by atoms with E-state index in [1.54, 1.807) is 31.5 Å². The molecule has 0 spiro atoms. The number of hydrazone groups is 1. The quantitative estimate of drug-likeness (QED) is 0.218. The fourth-order valence-electron chi connectivity index (χ4n) is 4.14. The van der Waals surface area contributed by atoms with Crippen LogP contribution in [0.5, 0.6) is 11.5 Å². The first kappa shape index (κ1) is 27.5. The molecular weight excluding hydrogens is 577 g/mol. The van der Waals surface area contributed by atoms with Gasteiger partial charge in [-0.1, -0.05) is 57.3 Å². The van der Waals surface area contributed by atoms with Crippen LogP contribution in [0, 0.1) is 5.92 Å². The first-order chi connectivity index (χ1) is 17.9. The van der Waals surface area contributed by atoms with Crippen molar-refractivity contribution in [3.8, 4) is 11.5 Å². The highest BCUT2D eigenvalue weighted by atomic mass is 79.9. The lowest BCUT2D eigenvalue weighted by molar-refractivity contribution is -0.126. The number of piperidine rings is 1. The van der Waals surface area contributed by atoms with E-state index in [1.807, 2.05) is 18.2 Å². The lowest BCUT2D eigenvalue weighted by Crippen LogP contribution is -2.39. The Morgan fingerprint density at radius 2 is 1.76 bits per heavy atom. The molecule has 0 atom stereocenters. The normalized spacial score (nSPS) is 14.6. The lowest BCUT2D eigenvalue weighted by Gasteiger charge is -2.30. The number of hydrogen-bond donors (Lipinski definition) is 1. The van der Waals surface area contributed by atoms with Crippen molar-refractivity contribution in [3.63, 3.8) is 0 Å². The summed E-state index contributed by atoms with van der Waals surface area (Å²) in [4.78, 5) is 15.0. The van der Waals surface area contributed by atoms with Gasteiger partial charge in [-0.15, -0.1) is 0 Å². The van der Waals surface area contributed by atoms with Crippen molar-refractivity contribution in [1.82, 2.24) is 10.3 Å². The number of ether oxygens (including phenoxy) is 2. The van der Waals surface area contributed by atoms with Gasteiger partial charge in [0.15, 0.2) is 11.5 Å². The summed E-state index contributed by atoms with van der Waals surface area (Å²) in [6, 6.07) is 19.2. The average molecular weight is 605 g/mol. The largest absolute Gasteiger partial charge is 0.493 e. The topological polar surface area (TPSA) is 63.2 Å². The molecule has 1 N–H and O–H groups in total. The molecule has 0 saturated carbocycles. The van der Waals surface area contributed by atoms with Gasteiger partial charge in [0.2, 0.25) is 5.91 Å². The van der Waals surface area contributed by atoms with E-state index in [2.05, 4.69) is 55.6 Å². The first-order valence-corrected chi connectivity index (χ1v) is 13.5. The van der Waals surface area contributed by atoms with Crippen LogP contribution in [0.2, 0.25) is 10.0 Å². The Hall–Kier alpha value is -2.58. The van der Waals surface area contributed by atoms with Crippen LogP contribution >= 0.6 is 39.1 Å². The molecule has 0 bridgehead atoms. The first-order valence-electron chi connectivity index (χ1n) is 12.0. The van der Waals surface area contributed by atoms with E-state index in [9.17, 15) is 4.79 Å². The summed E-state index contributed by atoms with van der Waals surface area (Å²) in [5.41, 5.74) is 5.62. The minimum Gasteiger partial charge on any atom is -0.493 e. The fraction of sp³-hybridized carbons (Fsp3) is 0.286. The van der Waals surface area contributed by atoms with Gasteiger partial charge in [-0.05, 0) is 85.1 Å². The second-order valence-corrected chi connectivity index (χ2v) is 10.6. The predicted molar refractivity (Wildman–Crippen MR) is 152 cm³/mol. The third kappa shape index (κ3) is 7.95. The van der Waals surface area contributed by atoms with Crippen molar-refractivity contribution in [3.05, 3.63) is 91.9 Å². The van der Waals surface area contributed by atoms with Gasteiger partial charge in [-0.2, -0.15) is 5.10 Å². The van der Waals surface area contributed by atoms with Crippen LogP contribution in [0.1, 0.15) is 29.5 Å². The van der Waals surface area contributed by atoms with Gasteiger partial charge in [0.25, 0.3) is 0 Å². The second-order valence-electron chi connectivity index (χ2n) is 8.86. The van der Waals surface area contributed by atoms with E-state index in [4.69, 9.17) is 32.7 Å². The number of halogens is 3. The van der Waals surface area contributed by atoms with E-state index < -0.39 is 0 Å². The van der Waals surface area contributed by atoms with Gasteiger partial charge in [-0.25, -0.2) is 5.43 Å². The zero-order valence-electron chi connectivity index (χ0n) is 20.4. The van der Waals surface area contributed by atoms with E-state index in [-0.39, 0.29) is 11.8 Å². The molecule has 1 saturated heterocycles. The molecule has 37 heavy (non-hydrogen) atoms. The van der Waals surface area contributed by atoms with Gasteiger partial charge < -0.3 is 9.47 Å². The summed E-state index contributed by atoms with van der Waals surface area (Å²) < 4.78 is 12.4. The zero-order valence-corrected chi connectivity index (χ0v) is 23.5. The minimum atomic E-state index is -0.0517. The number of benzene rings is 3. The number of carbonyl (C=O) groups is 1. The number of methoxy groups -OCH3 is 1. The minimum absolute atomic E-state index is 0.0423. The lowest BCUT2D eigenvalue weighted by atomic mass is 9.96. The average Bonchev–Trinajstić information content (AvgIpc) is 2.91. The summed E-state index contributed by atoms with van der Waals surface area (Å²) >= 11 is 15.6. The summed E-state index contributed by atoms with van der Waals surface area (Å²) in [7, 11) is 1.58. The van der Waals surface area contributed by atoms with Gasteiger partial charge in [-0.3, -0.25) is 9.69 Å². The predicted octanol–water partition coefficient (Wildman–Crippen LogP) is 6.71. The molecule has 0 aromatic heterocycles. The van der Waals surface area contributed by atoms with Crippen molar-refractivity contribution in [2.75, 3.05) is 20.2 Å². The number of likely N-dealkylation sites (tertiary alicyclic amines) is 1. The molecule has 0 unspecified atom stereocenters. The maximum absolute atomic E-state index is 12.7. The third-order valence-corrected chi connectivity index (χ3v) is 7.50. The molecule has 194 valence electrons. The number of carbonyl (C=O) groups excluding carboxylic acids is 1. The van der Waals surface area contributed by atoms with Gasteiger partial charge in [0.1, 0.15) is 6.61 Å². The summed E-state index contributed by atoms with van der Waals surface area (Å²) in [5, 5.41) is 5.15. The molecule has 3 aromatic carbocycles. The van der Waals surface area contributed by atoms with Crippen molar-refractivity contribution >= 4 is 51.3 Å². The molecule has 4 rings (SSSR count). The Kier molecular flexibility index (Phi) is 9.86. The number of nitrogens with zero attached hydrogens (tertiary/aromatic N) is 2. The van der Waals surface area contributed by atoms with Crippen molar-refractivity contribution < 1.29 is 14.3 Å². The maximum Gasteiger partial charge on any atom is 0.243 e. The van der Waals surface area contributed by atoms with Crippen LogP contribution in [0.25, 0.3) is 0 Å². The van der Waals surface area contributed by atoms with Crippen LogP contribution in [0.3, 0.4) is 0 Å². The number of amides is 1. The molecule has 0 aliphatic carbocycles. The van der Waals surface area contributed by atoms with E-state index in [0.717, 1.165) is 48.1 Å². The highest BCUT2D eigenvalue weighted by Gasteiger charge is 2.24. The Morgan fingerprint density at radius 3 is 2.46 bits per heavy atom. The standard InChI is InChI=1S/C28H28BrCl2N3O3/c1-36-26-9-5-20(15-27(26)37-18-21-4-8-24(30)25(31)14-21)16-32-33-28(35)22-10-12-34(13-11-22)17-19-2-6-23(29)7-3-19/h2-9,14-16,22H,10-13,17-18H2,1H3,(H,33,35)/b32-16+. The summed E-state index contributed by atoms with van der Waals surface area (Å²) in [6.07, 6.45) is 3.23. The SMILES string of the molecule is COc1ccc(/C=N/NC(=O)C2CCN(Cc3ccc(Br)cc3)CC2)cc1OCc1ccc(Cl)c(Cl)c1. The zero-order chi connectivity index (χ0) is 26.2. The van der Waals surface area contributed by atoms with Crippen LogP contribution in [0.15, 0.2) is 70.2 Å².